The summed E-state index contributed by atoms with van der Waals surface area (Å²) in [6, 6.07) is 0.109. The molecule has 0 rings (SSSR count). The van der Waals surface area contributed by atoms with Crippen LogP contribution in [0.1, 0.15) is 32.6 Å². The van der Waals surface area contributed by atoms with Crippen LogP contribution in [0.15, 0.2) is 0 Å². The maximum absolute atomic E-state index is 11.3. The number of hydrogen-bond donors (Lipinski definition) is 1. The van der Waals surface area contributed by atoms with Crippen molar-refractivity contribution in [3.8, 4) is 0 Å². The molecule has 5 heteroatoms. The fourth-order valence-electron chi connectivity index (χ4n) is 1.14. The fraction of sp³-hybridized carbons (Fsp3) is 0.900. The van der Waals surface area contributed by atoms with Crippen molar-refractivity contribution < 1.29 is 9.00 Å². The second-order valence-electron chi connectivity index (χ2n) is 3.68. The molecule has 0 aliphatic rings. The molecule has 0 aliphatic carbocycles. The first-order chi connectivity index (χ1) is 7.06. The van der Waals surface area contributed by atoms with Crippen LogP contribution in [0.3, 0.4) is 0 Å². The standard InChI is InChI=1S/C10H20ClNO2S/c1-9(6-8-15(2)14)12-10(13)5-3-4-7-11/h9H,3-8H2,1-2H3,(H,12,13). The molecule has 2 unspecified atom stereocenters. The van der Waals surface area contributed by atoms with Crippen molar-refractivity contribution >= 4 is 28.3 Å². The van der Waals surface area contributed by atoms with Crippen molar-refractivity contribution in [2.75, 3.05) is 17.9 Å². The molecular formula is C10H20ClNO2S. The highest BCUT2D eigenvalue weighted by Crippen LogP contribution is 1.99. The molecule has 0 aromatic rings. The number of hydrogen-bond acceptors (Lipinski definition) is 2. The Kier molecular flexibility index (Phi) is 9.10. The molecule has 3 nitrogen and oxygen atoms in total. The number of alkyl halides is 1. The molecule has 0 aliphatic heterocycles. The highest BCUT2D eigenvalue weighted by molar-refractivity contribution is 7.84. The van der Waals surface area contributed by atoms with E-state index in [1.54, 1.807) is 6.26 Å². The van der Waals surface area contributed by atoms with E-state index in [0.717, 1.165) is 19.3 Å². The molecule has 0 saturated heterocycles. The van der Waals surface area contributed by atoms with Crippen molar-refractivity contribution in [3.05, 3.63) is 0 Å². The molecule has 1 amide bonds. The van der Waals surface area contributed by atoms with Gasteiger partial charge in [0.1, 0.15) is 0 Å². The Morgan fingerprint density at radius 3 is 2.67 bits per heavy atom. The van der Waals surface area contributed by atoms with E-state index in [0.29, 0.717) is 18.1 Å². The lowest BCUT2D eigenvalue weighted by molar-refractivity contribution is -0.121. The van der Waals surface area contributed by atoms with E-state index in [9.17, 15) is 9.00 Å². The van der Waals surface area contributed by atoms with E-state index in [1.165, 1.54) is 0 Å². The maximum Gasteiger partial charge on any atom is 0.220 e. The first-order valence-corrected chi connectivity index (χ1v) is 7.47. The number of unbranched alkanes of at least 4 members (excludes halogenated alkanes) is 1. The molecule has 15 heavy (non-hydrogen) atoms. The smallest absolute Gasteiger partial charge is 0.220 e. The van der Waals surface area contributed by atoms with Crippen LogP contribution in [0.5, 0.6) is 0 Å². The van der Waals surface area contributed by atoms with Crippen LogP contribution in [-0.4, -0.2) is 34.0 Å². The minimum atomic E-state index is -0.776. The average molecular weight is 254 g/mol. The van der Waals surface area contributed by atoms with Gasteiger partial charge in [0.25, 0.3) is 0 Å². The van der Waals surface area contributed by atoms with Crippen LogP contribution in [0.4, 0.5) is 0 Å². The summed E-state index contributed by atoms with van der Waals surface area (Å²) in [4.78, 5) is 11.3. The first-order valence-electron chi connectivity index (χ1n) is 5.21. The van der Waals surface area contributed by atoms with E-state index in [2.05, 4.69) is 5.32 Å². The van der Waals surface area contributed by atoms with Gasteiger partial charge in [0, 0.05) is 41.2 Å². The Labute approximate surface area is 99.4 Å². The van der Waals surface area contributed by atoms with Gasteiger partial charge in [0.05, 0.1) is 0 Å². The summed E-state index contributed by atoms with van der Waals surface area (Å²) in [7, 11) is -0.776. The molecule has 0 spiro atoms. The molecule has 0 fully saturated rings. The second-order valence-corrected chi connectivity index (χ2v) is 5.61. The largest absolute Gasteiger partial charge is 0.354 e. The third-order valence-electron chi connectivity index (χ3n) is 2.03. The summed E-state index contributed by atoms with van der Waals surface area (Å²) < 4.78 is 10.8. The van der Waals surface area contributed by atoms with Gasteiger partial charge in [0.15, 0.2) is 0 Å². The van der Waals surface area contributed by atoms with Crippen LogP contribution < -0.4 is 5.32 Å². The molecule has 1 N–H and O–H groups in total. The van der Waals surface area contributed by atoms with Gasteiger partial charge < -0.3 is 5.32 Å². The van der Waals surface area contributed by atoms with Gasteiger partial charge in [-0.2, -0.15) is 0 Å². The minimum Gasteiger partial charge on any atom is -0.354 e. The monoisotopic (exact) mass is 253 g/mol. The molecule has 0 bridgehead atoms. The molecule has 90 valence electrons. The predicted molar refractivity (Wildman–Crippen MR) is 65.7 cm³/mol. The highest BCUT2D eigenvalue weighted by Gasteiger charge is 2.07. The van der Waals surface area contributed by atoms with Crippen molar-refractivity contribution in [1.29, 1.82) is 0 Å². The lowest BCUT2D eigenvalue weighted by Gasteiger charge is -2.12. The van der Waals surface area contributed by atoms with Gasteiger partial charge in [-0.05, 0) is 26.2 Å². The third kappa shape index (κ3) is 10.2. The number of halogens is 1. The first kappa shape index (κ1) is 14.9. The molecule has 0 aromatic carbocycles. The molecule has 0 heterocycles. The summed E-state index contributed by atoms with van der Waals surface area (Å²) in [6.45, 7) is 1.94. The van der Waals surface area contributed by atoms with Crippen LogP contribution in [0.2, 0.25) is 0 Å². The van der Waals surface area contributed by atoms with Gasteiger partial charge in [0.2, 0.25) is 5.91 Å². The van der Waals surface area contributed by atoms with Gasteiger partial charge in [-0.3, -0.25) is 9.00 Å². The van der Waals surface area contributed by atoms with E-state index >= 15 is 0 Å². The zero-order valence-corrected chi connectivity index (χ0v) is 11.0. The quantitative estimate of drug-likeness (QED) is 0.528. The number of nitrogens with one attached hydrogen (secondary N) is 1. The fourth-order valence-corrected chi connectivity index (χ4v) is 2.02. The van der Waals surface area contributed by atoms with Crippen molar-refractivity contribution in [2.24, 2.45) is 0 Å². The summed E-state index contributed by atoms with van der Waals surface area (Å²) >= 11 is 5.51. The van der Waals surface area contributed by atoms with Gasteiger partial charge in [-0.25, -0.2) is 0 Å². The Balaban J connectivity index is 3.53. The zero-order chi connectivity index (χ0) is 11.7. The summed E-state index contributed by atoms with van der Waals surface area (Å²) in [5, 5.41) is 2.88. The van der Waals surface area contributed by atoms with Crippen LogP contribution >= 0.6 is 11.6 Å². The van der Waals surface area contributed by atoms with Gasteiger partial charge in [-0.15, -0.1) is 11.6 Å². The number of carbonyl (C=O) groups excluding carboxylic acids is 1. The van der Waals surface area contributed by atoms with E-state index in [4.69, 9.17) is 11.6 Å². The topological polar surface area (TPSA) is 46.2 Å². The van der Waals surface area contributed by atoms with Gasteiger partial charge >= 0.3 is 0 Å². The average Bonchev–Trinajstić information content (AvgIpc) is 2.15. The lowest BCUT2D eigenvalue weighted by atomic mass is 10.2. The van der Waals surface area contributed by atoms with E-state index in [1.807, 2.05) is 6.92 Å². The number of amides is 1. The van der Waals surface area contributed by atoms with Crippen LogP contribution in [-0.2, 0) is 15.6 Å². The van der Waals surface area contributed by atoms with Crippen LogP contribution in [0.25, 0.3) is 0 Å². The highest BCUT2D eigenvalue weighted by atomic mass is 35.5. The third-order valence-corrected chi connectivity index (χ3v) is 3.11. The molecule has 0 radical (unpaired) electrons. The van der Waals surface area contributed by atoms with E-state index in [-0.39, 0.29) is 11.9 Å². The maximum atomic E-state index is 11.3. The molecule has 0 saturated carbocycles. The van der Waals surface area contributed by atoms with E-state index < -0.39 is 10.8 Å². The predicted octanol–water partition coefficient (Wildman–Crippen LogP) is 1.67. The zero-order valence-electron chi connectivity index (χ0n) is 9.42. The Hall–Kier alpha value is -0.0900. The summed E-state index contributed by atoms with van der Waals surface area (Å²) in [5.41, 5.74) is 0. The Morgan fingerprint density at radius 2 is 2.13 bits per heavy atom. The molecule has 0 aromatic heterocycles. The van der Waals surface area contributed by atoms with Crippen molar-refractivity contribution in [2.45, 2.75) is 38.6 Å². The molecule has 2 atom stereocenters. The number of carbonyl (C=O) groups is 1. The van der Waals surface area contributed by atoms with Crippen molar-refractivity contribution in [3.63, 3.8) is 0 Å². The van der Waals surface area contributed by atoms with Crippen molar-refractivity contribution in [1.82, 2.24) is 5.32 Å². The second kappa shape index (κ2) is 9.16. The molecular weight excluding hydrogens is 234 g/mol. The SMILES string of the molecule is CC(CCS(C)=O)NC(=O)CCCCCl. The Morgan fingerprint density at radius 1 is 1.47 bits per heavy atom. The normalized spacial score (nSPS) is 14.6. The van der Waals surface area contributed by atoms with Crippen LogP contribution in [0, 0.1) is 0 Å². The minimum absolute atomic E-state index is 0.0644. The summed E-state index contributed by atoms with van der Waals surface area (Å²) in [5.74, 6) is 1.32. The van der Waals surface area contributed by atoms with Gasteiger partial charge in [-0.1, -0.05) is 0 Å². The Bertz CT molecular complexity index is 212. The summed E-state index contributed by atoms with van der Waals surface area (Å²) in [6.07, 6.45) is 4.69. The number of rotatable bonds is 8. The lowest BCUT2D eigenvalue weighted by Crippen LogP contribution is -2.33.